The van der Waals surface area contributed by atoms with Gasteiger partial charge in [0.1, 0.15) is 5.82 Å². The molecule has 7 nitrogen and oxygen atoms in total. The average molecular weight is 435 g/mol. The summed E-state index contributed by atoms with van der Waals surface area (Å²) in [5.74, 6) is -1.19. The van der Waals surface area contributed by atoms with Crippen LogP contribution in [0.25, 0.3) is 4.96 Å². The zero-order chi connectivity index (χ0) is 21.4. The third-order valence-electron chi connectivity index (χ3n) is 5.16. The third kappa shape index (κ3) is 4.04. The Hall–Kier alpha value is -3.59. The molecule has 31 heavy (non-hydrogen) atoms. The Bertz CT molecular complexity index is 1270. The van der Waals surface area contributed by atoms with Crippen molar-refractivity contribution in [3.8, 4) is 0 Å². The second-order valence-electron chi connectivity index (χ2n) is 7.36. The van der Waals surface area contributed by atoms with E-state index in [2.05, 4.69) is 15.3 Å². The van der Waals surface area contributed by atoms with Crippen molar-refractivity contribution in [3.63, 3.8) is 0 Å². The number of fused-ring (bicyclic) bond motifs is 2. The number of amides is 2. The Morgan fingerprint density at radius 2 is 2.16 bits per heavy atom. The van der Waals surface area contributed by atoms with Gasteiger partial charge in [0.05, 0.1) is 12.1 Å². The number of pyridine rings is 1. The van der Waals surface area contributed by atoms with Gasteiger partial charge in [0.15, 0.2) is 4.96 Å². The first-order valence-corrected chi connectivity index (χ1v) is 10.7. The summed E-state index contributed by atoms with van der Waals surface area (Å²) in [6.07, 6.45) is 6.11. The van der Waals surface area contributed by atoms with Crippen molar-refractivity contribution in [1.29, 1.82) is 0 Å². The van der Waals surface area contributed by atoms with E-state index in [1.807, 2.05) is 28.1 Å². The number of aromatic nitrogens is 3. The normalized spacial score (nSPS) is 13.3. The van der Waals surface area contributed by atoms with E-state index >= 15 is 0 Å². The van der Waals surface area contributed by atoms with Gasteiger partial charge < -0.3 is 10.2 Å². The van der Waals surface area contributed by atoms with E-state index in [9.17, 15) is 14.0 Å². The van der Waals surface area contributed by atoms with Crippen LogP contribution in [0.2, 0.25) is 0 Å². The molecule has 156 valence electrons. The summed E-state index contributed by atoms with van der Waals surface area (Å²) < 4.78 is 16.1. The van der Waals surface area contributed by atoms with Crippen LogP contribution >= 0.6 is 11.3 Å². The molecule has 0 radical (unpaired) electrons. The van der Waals surface area contributed by atoms with E-state index in [1.54, 1.807) is 17.3 Å². The number of carbonyl (C=O) groups is 2. The molecule has 0 saturated carbocycles. The predicted molar refractivity (Wildman–Crippen MR) is 114 cm³/mol. The highest BCUT2D eigenvalue weighted by molar-refractivity contribution is 7.15. The number of rotatable bonds is 4. The second kappa shape index (κ2) is 7.92. The standard InChI is InChI=1S/C22H18FN5O2S/c23-16-8-15(21(30)27-5-3-19-14(12-27)2-1-4-24-19)9-17(10-16)25-20(29)11-18-13-28-6-7-31-22(28)26-18/h1-2,4,6-10,13H,3,5,11-12H2,(H,25,29). The van der Waals surface area contributed by atoms with Crippen LogP contribution < -0.4 is 5.32 Å². The molecule has 0 atom stereocenters. The number of halogens is 1. The fourth-order valence-electron chi connectivity index (χ4n) is 3.74. The second-order valence-corrected chi connectivity index (χ2v) is 8.24. The van der Waals surface area contributed by atoms with Crippen LogP contribution in [-0.2, 0) is 24.2 Å². The monoisotopic (exact) mass is 435 g/mol. The van der Waals surface area contributed by atoms with Crippen molar-refractivity contribution in [1.82, 2.24) is 19.3 Å². The van der Waals surface area contributed by atoms with Crippen molar-refractivity contribution in [2.24, 2.45) is 0 Å². The number of hydrogen-bond acceptors (Lipinski definition) is 5. The number of nitrogens with zero attached hydrogens (tertiary/aromatic N) is 4. The fraction of sp³-hybridized carbons (Fsp3) is 0.182. The number of anilines is 1. The van der Waals surface area contributed by atoms with Gasteiger partial charge in [-0.1, -0.05) is 6.07 Å². The predicted octanol–water partition coefficient (Wildman–Crippen LogP) is 3.31. The molecule has 0 unspecified atom stereocenters. The summed E-state index contributed by atoms with van der Waals surface area (Å²) in [7, 11) is 0. The Morgan fingerprint density at radius 3 is 3.03 bits per heavy atom. The molecule has 2 amide bonds. The van der Waals surface area contributed by atoms with E-state index in [0.717, 1.165) is 16.2 Å². The topological polar surface area (TPSA) is 79.6 Å². The van der Waals surface area contributed by atoms with Gasteiger partial charge >= 0.3 is 0 Å². The van der Waals surface area contributed by atoms with E-state index < -0.39 is 5.82 Å². The van der Waals surface area contributed by atoms with Crippen LogP contribution in [0, 0.1) is 5.82 Å². The molecule has 4 aromatic rings. The molecule has 0 saturated heterocycles. The number of imidazole rings is 1. The lowest BCUT2D eigenvalue weighted by Crippen LogP contribution is -2.36. The van der Waals surface area contributed by atoms with Gasteiger partial charge in [0.2, 0.25) is 5.91 Å². The summed E-state index contributed by atoms with van der Waals surface area (Å²) in [5, 5.41) is 4.59. The molecular weight excluding hydrogens is 417 g/mol. The van der Waals surface area contributed by atoms with E-state index in [0.29, 0.717) is 25.2 Å². The Morgan fingerprint density at radius 1 is 1.26 bits per heavy atom. The van der Waals surface area contributed by atoms with E-state index in [1.165, 1.54) is 29.5 Å². The lowest BCUT2D eigenvalue weighted by Gasteiger charge is -2.28. The van der Waals surface area contributed by atoms with Crippen LogP contribution in [0.15, 0.2) is 54.3 Å². The number of benzene rings is 1. The van der Waals surface area contributed by atoms with Crippen molar-refractivity contribution < 1.29 is 14.0 Å². The first kappa shape index (κ1) is 19.4. The van der Waals surface area contributed by atoms with Crippen LogP contribution in [0.4, 0.5) is 10.1 Å². The maximum atomic E-state index is 14.2. The molecule has 1 aromatic carbocycles. The molecule has 1 N–H and O–H groups in total. The third-order valence-corrected chi connectivity index (χ3v) is 5.94. The minimum absolute atomic E-state index is 0.0596. The zero-order valence-corrected chi connectivity index (χ0v) is 17.2. The summed E-state index contributed by atoms with van der Waals surface area (Å²) in [5.41, 5.74) is 3.04. The molecule has 0 aliphatic carbocycles. The summed E-state index contributed by atoms with van der Waals surface area (Å²) in [6.45, 7) is 0.941. The number of nitrogens with one attached hydrogen (secondary N) is 1. The van der Waals surface area contributed by atoms with Gasteiger partial charge in [0, 0.05) is 60.4 Å². The minimum atomic E-state index is -0.581. The number of hydrogen-bond donors (Lipinski definition) is 1. The first-order chi connectivity index (χ1) is 15.0. The zero-order valence-electron chi connectivity index (χ0n) is 16.4. The van der Waals surface area contributed by atoms with Crippen molar-refractivity contribution >= 4 is 33.8 Å². The Balaban J connectivity index is 1.30. The maximum absolute atomic E-state index is 14.2. The highest BCUT2D eigenvalue weighted by atomic mass is 32.1. The Kier molecular flexibility index (Phi) is 4.95. The highest BCUT2D eigenvalue weighted by Crippen LogP contribution is 2.21. The van der Waals surface area contributed by atoms with Gasteiger partial charge in [-0.05, 0) is 29.8 Å². The van der Waals surface area contributed by atoms with Gasteiger partial charge in [-0.3, -0.25) is 19.0 Å². The maximum Gasteiger partial charge on any atom is 0.254 e. The molecule has 3 aromatic heterocycles. The molecule has 0 bridgehead atoms. The molecule has 4 heterocycles. The van der Waals surface area contributed by atoms with Crippen LogP contribution in [0.5, 0.6) is 0 Å². The molecule has 5 rings (SSSR count). The van der Waals surface area contributed by atoms with Crippen molar-refractivity contribution in [2.75, 3.05) is 11.9 Å². The van der Waals surface area contributed by atoms with E-state index in [4.69, 9.17) is 0 Å². The molecule has 0 fully saturated rings. The summed E-state index contributed by atoms with van der Waals surface area (Å²) in [4.78, 5) is 36.6. The highest BCUT2D eigenvalue weighted by Gasteiger charge is 2.23. The van der Waals surface area contributed by atoms with Crippen LogP contribution in [-0.4, -0.2) is 37.6 Å². The fourth-order valence-corrected chi connectivity index (χ4v) is 4.46. The van der Waals surface area contributed by atoms with Crippen LogP contribution in [0.3, 0.4) is 0 Å². The Labute approximate surface area is 181 Å². The molecule has 0 spiro atoms. The number of thiazole rings is 1. The number of carbonyl (C=O) groups excluding carboxylic acids is 2. The lowest BCUT2D eigenvalue weighted by molar-refractivity contribution is -0.115. The largest absolute Gasteiger partial charge is 0.334 e. The van der Waals surface area contributed by atoms with Gasteiger partial charge in [0.25, 0.3) is 5.91 Å². The molecule has 1 aliphatic rings. The molecule has 9 heteroatoms. The van der Waals surface area contributed by atoms with Crippen molar-refractivity contribution in [2.45, 2.75) is 19.4 Å². The lowest BCUT2D eigenvalue weighted by atomic mass is 10.0. The minimum Gasteiger partial charge on any atom is -0.334 e. The molecule has 1 aliphatic heterocycles. The van der Waals surface area contributed by atoms with Gasteiger partial charge in [-0.25, -0.2) is 9.37 Å². The quantitative estimate of drug-likeness (QED) is 0.533. The summed E-state index contributed by atoms with van der Waals surface area (Å²) in [6, 6.07) is 7.69. The van der Waals surface area contributed by atoms with Crippen molar-refractivity contribution in [3.05, 3.63) is 82.6 Å². The average Bonchev–Trinajstić information content (AvgIpc) is 3.34. The van der Waals surface area contributed by atoms with Gasteiger partial charge in [-0.2, -0.15) is 0 Å². The SMILES string of the molecule is O=C(Cc1cn2ccsc2n1)Nc1cc(F)cc(C(=O)N2CCc3ncccc3C2)c1. The first-order valence-electron chi connectivity index (χ1n) is 9.79. The molecular formula is C22H18FN5O2S. The van der Waals surface area contributed by atoms with Gasteiger partial charge in [-0.15, -0.1) is 11.3 Å². The van der Waals surface area contributed by atoms with Crippen LogP contribution in [0.1, 0.15) is 27.3 Å². The smallest absolute Gasteiger partial charge is 0.254 e. The summed E-state index contributed by atoms with van der Waals surface area (Å²) >= 11 is 1.48. The van der Waals surface area contributed by atoms with E-state index in [-0.39, 0.29) is 29.5 Å².